The van der Waals surface area contributed by atoms with E-state index < -0.39 is 0 Å². The molecule has 1 aromatic rings. The van der Waals surface area contributed by atoms with Crippen LogP contribution in [0, 0.1) is 5.92 Å². The minimum absolute atomic E-state index is 0.578. The van der Waals surface area contributed by atoms with Crippen LogP contribution in [0.2, 0.25) is 0 Å². The molecule has 0 bridgehead atoms. The monoisotopic (exact) mass is 264 g/mol. The molecule has 1 nitrogen and oxygen atoms in total. The molecule has 0 fully saturated rings. The second-order valence-corrected chi connectivity index (χ2v) is 5.65. The number of thiol groups is 1. The summed E-state index contributed by atoms with van der Waals surface area (Å²) in [7, 11) is 0. The van der Waals surface area contributed by atoms with Crippen LogP contribution in [0.25, 0.3) is 0 Å². The third-order valence-corrected chi connectivity index (χ3v) is 4.28. The Labute approximate surface area is 116 Å². The van der Waals surface area contributed by atoms with Crippen LogP contribution in [0.5, 0.6) is 5.75 Å². The molecule has 1 atom stereocenters. The molecular weight excluding hydrogens is 240 g/mol. The molecule has 2 heteroatoms. The van der Waals surface area contributed by atoms with Crippen molar-refractivity contribution in [2.24, 2.45) is 5.92 Å². The third-order valence-electron chi connectivity index (χ3n) is 3.76. The largest absolute Gasteiger partial charge is 0.493 e. The van der Waals surface area contributed by atoms with Gasteiger partial charge < -0.3 is 4.74 Å². The van der Waals surface area contributed by atoms with Crippen molar-refractivity contribution in [1.82, 2.24) is 0 Å². The Kier molecular flexibility index (Phi) is 5.43. The van der Waals surface area contributed by atoms with Crippen LogP contribution < -0.4 is 4.74 Å². The summed E-state index contributed by atoms with van der Waals surface area (Å²) in [5.74, 6) is 2.53. The van der Waals surface area contributed by atoms with Crippen molar-refractivity contribution in [2.75, 3.05) is 12.4 Å². The molecule has 0 heterocycles. The van der Waals surface area contributed by atoms with Gasteiger partial charge in [-0.05, 0) is 61.1 Å². The van der Waals surface area contributed by atoms with Crippen molar-refractivity contribution in [3.05, 3.63) is 29.3 Å². The minimum Gasteiger partial charge on any atom is -0.493 e. The van der Waals surface area contributed by atoms with E-state index in [2.05, 4.69) is 37.8 Å². The SMILES string of the molecule is CCCC(CS)COc1ccc2c(c1)CCCC2. The summed E-state index contributed by atoms with van der Waals surface area (Å²) in [5, 5.41) is 0. The molecule has 0 saturated carbocycles. The fraction of sp³-hybridized carbons (Fsp3) is 0.625. The van der Waals surface area contributed by atoms with Gasteiger partial charge in [0.2, 0.25) is 0 Å². The quantitative estimate of drug-likeness (QED) is 0.754. The molecule has 1 unspecified atom stereocenters. The topological polar surface area (TPSA) is 9.23 Å². The summed E-state index contributed by atoms with van der Waals surface area (Å²) < 4.78 is 5.93. The minimum atomic E-state index is 0.578. The first-order valence-corrected chi connectivity index (χ1v) is 7.82. The highest BCUT2D eigenvalue weighted by atomic mass is 32.1. The Morgan fingerprint density at radius 3 is 2.72 bits per heavy atom. The molecule has 18 heavy (non-hydrogen) atoms. The van der Waals surface area contributed by atoms with E-state index >= 15 is 0 Å². The van der Waals surface area contributed by atoms with Gasteiger partial charge in [0, 0.05) is 5.92 Å². The lowest BCUT2D eigenvalue weighted by atomic mass is 9.92. The standard InChI is InChI=1S/C16H24OS/c1-2-5-13(12-18)11-17-16-9-8-14-6-3-4-7-15(14)10-16/h8-10,13,18H,2-7,11-12H2,1H3. The number of rotatable bonds is 6. The average molecular weight is 264 g/mol. The Hall–Kier alpha value is -0.630. The Balaban J connectivity index is 1.93. The summed E-state index contributed by atoms with van der Waals surface area (Å²) in [6.45, 7) is 3.02. The fourth-order valence-electron chi connectivity index (χ4n) is 2.65. The van der Waals surface area contributed by atoms with E-state index in [0.717, 1.165) is 18.1 Å². The van der Waals surface area contributed by atoms with Crippen LogP contribution >= 0.6 is 12.6 Å². The maximum atomic E-state index is 5.93. The average Bonchev–Trinajstić information content (AvgIpc) is 2.43. The van der Waals surface area contributed by atoms with Gasteiger partial charge in [0.15, 0.2) is 0 Å². The fourth-order valence-corrected chi connectivity index (χ4v) is 2.94. The van der Waals surface area contributed by atoms with E-state index in [1.165, 1.54) is 49.7 Å². The first-order valence-electron chi connectivity index (χ1n) is 7.19. The van der Waals surface area contributed by atoms with Crippen molar-refractivity contribution >= 4 is 12.6 Å². The van der Waals surface area contributed by atoms with Gasteiger partial charge in [-0.3, -0.25) is 0 Å². The lowest BCUT2D eigenvalue weighted by Gasteiger charge is -2.18. The van der Waals surface area contributed by atoms with E-state index in [0.29, 0.717) is 5.92 Å². The maximum Gasteiger partial charge on any atom is 0.119 e. The van der Waals surface area contributed by atoms with E-state index in [-0.39, 0.29) is 0 Å². The number of benzene rings is 1. The number of hydrogen-bond acceptors (Lipinski definition) is 2. The Morgan fingerprint density at radius 1 is 1.22 bits per heavy atom. The summed E-state index contributed by atoms with van der Waals surface area (Å²) in [5.41, 5.74) is 3.02. The van der Waals surface area contributed by atoms with Gasteiger partial charge in [-0.2, -0.15) is 12.6 Å². The molecule has 1 aliphatic carbocycles. The maximum absolute atomic E-state index is 5.93. The molecule has 0 radical (unpaired) electrons. The predicted molar refractivity (Wildman–Crippen MR) is 80.8 cm³/mol. The lowest BCUT2D eigenvalue weighted by molar-refractivity contribution is 0.254. The molecule has 0 spiro atoms. The Bertz CT molecular complexity index is 375. The summed E-state index contributed by atoms with van der Waals surface area (Å²) in [4.78, 5) is 0. The zero-order chi connectivity index (χ0) is 12.8. The van der Waals surface area contributed by atoms with Gasteiger partial charge in [0.05, 0.1) is 6.61 Å². The van der Waals surface area contributed by atoms with Crippen molar-refractivity contribution in [1.29, 1.82) is 0 Å². The van der Waals surface area contributed by atoms with Crippen LogP contribution in [0.15, 0.2) is 18.2 Å². The van der Waals surface area contributed by atoms with Crippen molar-refractivity contribution < 1.29 is 4.74 Å². The highest BCUT2D eigenvalue weighted by Crippen LogP contribution is 2.25. The Morgan fingerprint density at radius 2 is 2.00 bits per heavy atom. The second-order valence-electron chi connectivity index (χ2n) is 5.29. The highest BCUT2D eigenvalue weighted by Gasteiger charge is 2.11. The molecule has 100 valence electrons. The van der Waals surface area contributed by atoms with Crippen LogP contribution in [-0.2, 0) is 12.8 Å². The van der Waals surface area contributed by atoms with Crippen LogP contribution in [0.4, 0.5) is 0 Å². The van der Waals surface area contributed by atoms with E-state index in [1.807, 2.05) is 0 Å². The highest BCUT2D eigenvalue weighted by molar-refractivity contribution is 7.80. The van der Waals surface area contributed by atoms with Crippen LogP contribution in [0.1, 0.15) is 43.7 Å². The molecule has 0 saturated heterocycles. The second kappa shape index (κ2) is 7.08. The van der Waals surface area contributed by atoms with Gasteiger partial charge in [0.1, 0.15) is 5.75 Å². The molecule has 0 aromatic heterocycles. The van der Waals surface area contributed by atoms with Crippen LogP contribution in [-0.4, -0.2) is 12.4 Å². The van der Waals surface area contributed by atoms with Gasteiger partial charge in [0.25, 0.3) is 0 Å². The number of fused-ring (bicyclic) bond motifs is 1. The molecule has 0 amide bonds. The van der Waals surface area contributed by atoms with Crippen molar-refractivity contribution in [2.45, 2.75) is 45.4 Å². The molecule has 0 N–H and O–H groups in total. The third kappa shape index (κ3) is 3.68. The molecule has 1 aliphatic rings. The van der Waals surface area contributed by atoms with E-state index in [4.69, 9.17) is 4.74 Å². The smallest absolute Gasteiger partial charge is 0.119 e. The summed E-state index contributed by atoms with van der Waals surface area (Å²) >= 11 is 4.40. The zero-order valence-electron chi connectivity index (χ0n) is 11.3. The van der Waals surface area contributed by atoms with Crippen LogP contribution in [0.3, 0.4) is 0 Å². The zero-order valence-corrected chi connectivity index (χ0v) is 12.2. The molecule has 0 aliphatic heterocycles. The summed E-state index contributed by atoms with van der Waals surface area (Å²) in [6, 6.07) is 6.63. The van der Waals surface area contributed by atoms with E-state index in [1.54, 1.807) is 0 Å². The van der Waals surface area contributed by atoms with E-state index in [9.17, 15) is 0 Å². The number of ether oxygens (including phenoxy) is 1. The van der Waals surface area contributed by atoms with Gasteiger partial charge in [-0.15, -0.1) is 0 Å². The molecular formula is C16H24OS. The van der Waals surface area contributed by atoms with Gasteiger partial charge in [-0.25, -0.2) is 0 Å². The first kappa shape index (κ1) is 13.8. The molecule has 2 rings (SSSR count). The van der Waals surface area contributed by atoms with Gasteiger partial charge in [-0.1, -0.05) is 19.4 Å². The lowest BCUT2D eigenvalue weighted by Crippen LogP contribution is -2.14. The first-order chi connectivity index (χ1) is 8.83. The number of aryl methyl sites for hydroxylation is 2. The van der Waals surface area contributed by atoms with Crippen molar-refractivity contribution in [3.63, 3.8) is 0 Å². The van der Waals surface area contributed by atoms with Gasteiger partial charge >= 0.3 is 0 Å². The summed E-state index contributed by atoms with van der Waals surface area (Å²) in [6.07, 6.45) is 7.53. The normalized spacial score (nSPS) is 16.1. The number of hydrogen-bond donors (Lipinski definition) is 1. The molecule has 1 aromatic carbocycles. The predicted octanol–water partition coefficient (Wildman–Crippen LogP) is 4.29. The van der Waals surface area contributed by atoms with Crippen molar-refractivity contribution in [3.8, 4) is 5.75 Å².